The summed E-state index contributed by atoms with van der Waals surface area (Å²) in [5.74, 6) is -0.00936. The van der Waals surface area contributed by atoms with E-state index in [0.717, 1.165) is 19.6 Å². The summed E-state index contributed by atoms with van der Waals surface area (Å²) in [4.78, 5) is 2.33. The molecule has 0 heterocycles. The van der Waals surface area contributed by atoms with E-state index >= 15 is 0 Å². The van der Waals surface area contributed by atoms with Gasteiger partial charge in [-0.05, 0) is 13.1 Å². The first-order chi connectivity index (χ1) is 6.91. The number of nitrogens with zero attached hydrogens (tertiary/aromatic N) is 3. The van der Waals surface area contributed by atoms with Crippen molar-refractivity contribution < 1.29 is 0 Å². The Labute approximate surface area is 92.2 Å². The molecule has 4 N–H and O–H groups in total. The largest absolute Gasteiger partial charge is 0.369 e. The van der Waals surface area contributed by atoms with Crippen LogP contribution in [0.4, 0.5) is 0 Å². The van der Waals surface area contributed by atoms with Gasteiger partial charge in [0.05, 0.1) is 0 Å². The summed E-state index contributed by atoms with van der Waals surface area (Å²) < 4.78 is 0. The Bertz CT molecular complexity index is 224. The number of hydrogen-bond acceptors (Lipinski definition) is 3. The van der Waals surface area contributed by atoms with E-state index in [9.17, 15) is 0 Å². The lowest BCUT2D eigenvalue weighted by atomic mass is 9.94. The minimum atomic E-state index is -0.0228. The number of rotatable bonds is 6. The minimum absolute atomic E-state index is 0.00936. The van der Waals surface area contributed by atoms with Gasteiger partial charge in [-0.3, -0.25) is 0 Å². The molecule has 0 aromatic carbocycles. The molecular weight excluding hydrogens is 190 g/mol. The third-order valence-corrected chi connectivity index (χ3v) is 2.11. The maximum atomic E-state index is 5.18. The van der Waals surface area contributed by atoms with Gasteiger partial charge in [-0.1, -0.05) is 27.7 Å². The van der Waals surface area contributed by atoms with Crippen LogP contribution in [0.5, 0.6) is 0 Å². The van der Waals surface area contributed by atoms with Crippen LogP contribution in [0.2, 0.25) is 0 Å². The maximum Gasteiger partial charge on any atom is 0.211 e. The first-order valence-electron chi connectivity index (χ1n) is 5.26. The van der Waals surface area contributed by atoms with E-state index in [0.29, 0.717) is 0 Å². The molecule has 0 aromatic heterocycles. The molecule has 0 saturated carbocycles. The second-order valence-electron chi connectivity index (χ2n) is 4.22. The Morgan fingerprint density at radius 2 is 1.80 bits per heavy atom. The molecule has 0 aromatic rings. The summed E-state index contributed by atoms with van der Waals surface area (Å²) in [5.41, 5.74) is 10.3. The van der Waals surface area contributed by atoms with Gasteiger partial charge < -0.3 is 16.4 Å². The minimum Gasteiger partial charge on any atom is -0.369 e. The molecule has 15 heavy (non-hydrogen) atoms. The number of guanidine groups is 1. The van der Waals surface area contributed by atoms with Crippen LogP contribution in [0, 0.1) is 5.41 Å². The second-order valence-corrected chi connectivity index (χ2v) is 4.22. The lowest BCUT2D eigenvalue weighted by Crippen LogP contribution is -2.35. The lowest BCUT2D eigenvalue weighted by Gasteiger charge is -2.27. The highest BCUT2D eigenvalue weighted by atomic mass is 15.3. The van der Waals surface area contributed by atoms with Gasteiger partial charge in [0.25, 0.3) is 0 Å². The van der Waals surface area contributed by atoms with Crippen LogP contribution in [0.3, 0.4) is 0 Å². The molecule has 5 nitrogen and oxygen atoms in total. The summed E-state index contributed by atoms with van der Waals surface area (Å²) >= 11 is 0. The van der Waals surface area contributed by atoms with Crippen LogP contribution in [0.1, 0.15) is 27.7 Å². The second kappa shape index (κ2) is 6.40. The van der Waals surface area contributed by atoms with Gasteiger partial charge in [0.15, 0.2) is 0 Å². The molecule has 0 aliphatic rings. The fourth-order valence-electron chi connectivity index (χ4n) is 1.32. The lowest BCUT2D eigenvalue weighted by molar-refractivity contribution is 0.243. The van der Waals surface area contributed by atoms with E-state index in [1.807, 2.05) is 0 Å². The monoisotopic (exact) mass is 213 g/mol. The van der Waals surface area contributed by atoms with Crippen molar-refractivity contribution in [2.75, 3.05) is 19.6 Å². The van der Waals surface area contributed by atoms with E-state index in [1.165, 1.54) is 0 Å². The molecule has 0 aliphatic carbocycles. The zero-order valence-corrected chi connectivity index (χ0v) is 10.2. The van der Waals surface area contributed by atoms with Crippen LogP contribution >= 0.6 is 0 Å². The summed E-state index contributed by atoms with van der Waals surface area (Å²) in [6.07, 6.45) is 1.78. The topological polar surface area (TPSA) is 80.0 Å². The highest BCUT2D eigenvalue weighted by molar-refractivity contribution is 5.76. The molecule has 0 bridgehead atoms. The van der Waals surface area contributed by atoms with E-state index in [1.54, 1.807) is 6.21 Å². The van der Waals surface area contributed by atoms with Crippen LogP contribution in [-0.2, 0) is 0 Å². The van der Waals surface area contributed by atoms with Gasteiger partial charge in [0.2, 0.25) is 5.96 Å². The summed E-state index contributed by atoms with van der Waals surface area (Å²) in [7, 11) is 0. The zero-order valence-electron chi connectivity index (χ0n) is 10.2. The van der Waals surface area contributed by atoms with Crippen LogP contribution in [0.25, 0.3) is 0 Å². The molecule has 5 heteroatoms. The molecular formula is C10H23N5. The van der Waals surface area contributed by atoms with E-state index < -0.39 is 0 Å². The Morgan fingerprint density at radius 1 is 1.27 bits per heavy atom. The van der Waals surface area contributed by atoms with E-state index in [4.69, 9.17) is 11.5 Å². The van der Waals surface area contributed by atoms with Crippen LogP contribution < -0.4 is 11.5 Å². The van der Waals surface area contributed by atoms with Crippen molar-refractivity contribution in [3.05, 3.63) is 0 Å². The summed E-state index contributed by atoms with van der Waals surface area (Å²) in [5, 5.41) is 7.44. The Hall–Kier alpha value is -1.10. The quantitative estimate of drug-likeness (QED) is 0.385. The Balaban J connectivity index is 4.28. The molecule has 0 unspecified atom stereocenters. The van der Waals surface area contributed by atoms with Gasteiger partial charge >= 0.3 is 0 Å². The third-order valence-electron chi connectivity index (χ3n) is 2.11. The molecule has 0 spiro atoms. The standard InChI is InChI=1S/C10H23N5/c1-5-15(6-2)8-10(3,4)7-13-14-9(11)12/h7H,5-6,8H2,1-4H3,(H4,11,12,14)/b13-7+. The molecule has 0 amide bonds. The van der Waals surface area contributed by atoms with Crippen molar-refractivity contribution in [2.45, 2.75) is 27.7 Å². The fraction of sp³-hybridized carbons (Fsp3) is 0.800. The fourth-order valence-corrected chi connectivity index (χ4v) is 1.32. The SMILES string of the molecule is CCN(CC)CC(C)(C)/C=N/N=C(N)N. The van der Waals surface area contributed by atoms with Gasteiger partial charge in [-0.15, -0.1) is 5.10 Å². The van der Waals surface area contributed by atoms with Gasteiger partial charge in [0.1, 0.15) is 0 Å². The molecule has 0 rings (SSSR count). The van der Waals surface area contributed by atoms with E-state index in [-0.39, 0.29) is 11.4 Å². The predicted octanol–water partition coefficient (Wildman–Crippen LogP) is 0.614. The van der Waals surface area contributed by atoms with Gasteiger partial charge in [-0.25, -0.2) is 0 Å². The van der Waals surface area contributed by atoms with Crippen molar-refractivity contribution >= 4 is 12.2 Å². The van der Waals surface area contributed by atoms with Crippen molar-refractivity contribution in [3.8, 4) is 0 Å². The average molecular weight is 213 g/mol. The highest BCUT2D eigenvalue weighted by Crippen LogP contribution is 2.13. The van der Waals surface area contributed by atoms with Crippen LogP contribution in [0.15, 0.2) is 10.2 Å². The molecule has 0 radical (unpaired) electrons. The molecule has 0 fully saturated rings. The smallest absolute Gasteiger partial charge is 0.211 e. The van der Waals surface area contributed by atoms with Crippen LogP contribution in [-0.4, -0.2) is 36.7 Å². The van der Waals surface area contributed by atoms with Crippen molar-refractivity contribution in [1.29, 1.82) is 0 Å². The van der Waals surface area contributed by atoms with Crippen molar-refractivity contribution in [2.24, 2.45) is 27.1 Å². The Kier molecular flexibility index (Phi) is 5.93. The molecule has 0 saturated heterocycles. The third kappa shape index (κ3) is 6.90. The van der Waals surface area contributed by atoms with Crippen molar-refractivity contribution in [3.63, 3.8) is 0 Å². The van der Waals surface area contributed by atoms with Crippen molar-refractivity contribution in [1.82, 2.24) is 4.90 Å². The Morgan fingerprint density at radius 3 is 2.20 bits per heavy atom. The maximum absolute atomic E-state index is 5.18. The highest BCUT2D eigenvalue weighted by Gasteiger charge is 2.17. The normalized spacial score (nSPS) is 12.3. The van der Waals surface area contributed by atoms with E-state index in [2.05, 4.69) is 42.8 Å². The molecule has 88 valence electrons. The summed E-state index contributed by atoms with van der Waals surface area (Å²) in [6.45, 7) is 11.5. The average Bonchev–Trinajstić information content (AvgIpc) is 2.13. The first kappa shape index (κ1) is 13.9. The number of hydrogen-bond donors (Lipinski definition) is 2. The molecule has 0 aliphatic heterocycles. The molecule has 0 atom stereocenters. The van der Waals surface area contributed by atoms with Gasteiger partial charge in [-0.2, -0.15) is 5.10 Å². The zero-order chi connectivity index (χ0) is 11.9. The van der Waals surface area contributed by atoms with Gasteiger partial charge in [0, 0.05) is 18.2 Å². The number of nitrogens with two attached hydrogens (primary N) is 2. The summed E-state index contributed by atoms with van der Waals surface area (Å²) in [6, 6.07) is 0. The predicted molar refractivity (Wildman–Crippen MR) is 65.9 cm³/mol. The first-order valence-corrected chi connectivity index (χ1v) is 5.26.